The predicted molar refractivity (Wildman–Crippen MR) is 48.1 cm³/mol. The molecule has 0 spiro atoms. The smallest absolute Gasteiger partial charge is 0.125 e. The summed E-state index contributed by atoms with van der Waals surface area (Å²) in [7, 11) is 0. The number of hydrogen-bond donors (Lipinski definition) is 0. The van der Waals surface area contributed by atoms with Crippen molar-refractivity contribution in [1.82, 2.24) is 0 Å². The summed E-state index contributed by atoms with van der Waals surface area (Å²) in [5.41, 5.74) is 0.595. The van der Waals surface area contributed by atoms with E-state index in [4.69, 9.17) is 0 Å². The van der Waals surface area contributed by atoms with Crippen molar-refractivity contribution in [1.29, 1.82) is 0 Å². The van der Waals surface area contributed by atoms with Crippen LogP contribution in [0.25, 0.3) is 0 Å². The van der Waals surface area contributed by atoms with Crippen LogP contribution in [0.5, 0.6) is 0 Å². The number of halogens is 1. The Labute approximate surface area is 68.1 Å². The average Bonchev–Trinajstić information content (AvgIpc) is 2.03. The molecule has 0 atom stereocenters. The predicted octanol–water partition coefficient (Wildman–Crippen LogP) is 3.77. The Morgan fingerprint density at radius 2 is 2.18 bits per heavy atom. The van der Waals surface area contributed by atoms with Crippen molar-refractivity contribution in [3.63, 3.8) is 0 Å². The highest BCUT2D eigenvalue weighted by Gasteiger charge is 1.90. The van der Waals surface area contributed by atoms with Crippen LogP contribution in [0.4, 0.5) is 4.39 Å². The second-order valence-electron chi connectivity index (χ2n) is 2.43. The second-order valence-corrected chi connectivity index (χ2v) is 2.43. The summed E-state index contributed by atoms with van der Waals surface area (Å²) in [6, 6.07) is 0. The first-order chi connectivity index (χ1) is 5.22. The molecule has 0 aromatic heterocycles. The monoisotopic (exact) mass is 154 g/mol. The minimum absolute atomic E-state index is 0.187. The van der Waals surface area contributed by atoms with Gasteiger partial charge in [-0.15, -0.1) is 0 Å². The first-order valence-electron chi connectivity index (χ1n) is 3.87. The van der Waals surface area contributed by atoms with Gasteiger partial charge in [0, 0.05) is 0 Å². The van der Waals surface area contributed by atoms with Crippen LogP contribution in [0.2, 0.25) is 0 Å². The van der Waals surface area contributed by atoms with E-state index in [-0.39, 0.29) is 5.83 Å². The maximum absolute atomic E-state index is 12.8. The van der Waals surface area contributed by atoms with Crippen LogP contribution in [0, 0.1) is 0 Å². The number of rotatable bonds is 4. The van der Waals surface area contributed by atoms with Gasteiger partial charge in [-0.05, 0) is 25.0 Å². The van der Waals surface area contributed by atoms with Crippen LogP contribution in [-0.4, -0.2) is 0 Å². The van der Waals surface area contributed by atoms with Gasteiger partial charge in [0.25, 0.3) is 0 Å². The summed E-state index contributed by atoms with van der Waals surface area (Å²) in [5, 5.41) is 0. The van der Waals surface area contributed by atoms with E-state index in [1.807, 2.05) is 6.08 Å². The third kappa shape index (κ3) is 4.54. The van der Waals surface area contributed by atoms with Crippen LogP contribution in [0.15, 0.2) is 36.2 Å². The van der Waals surface area contributed by atoms with Gasteiger partial charge in [-0.25, -0.2) is 4.39 Å². The molecule has 0 aliphatic heterocycles. The normalized spacial score (nSPS) is 13.4. The Balaban J connectivity index is 4.03. The molecule has 0 saturated heterocycles. The van der Waals surface area contributed by atoms with Gasteiger partial charge < -0.3 is 0 Å². The Bertz CT molecular complexity index is 175. The maximum Gasteiger partial charge on any atom is 0.125 e. The van der Waals surface area contributed by atoms with Crippen LogP contribution >= 0.6 is 0 Å². The molecule has 1 heteroatoms. The van der Waals surface area contributed by atoms with Crippen molar-refractivity contribution in [3.05, 3.63) is 36.2 Å². The minimum atomic E-state index is -0.187. The third-order valence-electron chi connectivity index (χ3n) is 1.40. The molecule has 0 radical (unpaired) electrons. The fourth-order valence-electron chi connectivity index (χ4n) is 0.582. The zero-order valence-corrected chi connectivity index (χ0v) is 7.23. The maximum atomic E-state index is 12.8. The molecule has 0 aromatic carbocycles. The first kappa shape index (κ1) is 10.2. The van der Waals surface area contributed by atoms with Crippen LogP contribution in [0.1, 0.15) is 26.7 Å². The molecule has 0 unspecified atom stereocenters. The molecule has 0 fully saturated rings. The van der Waals surface area contributed by atoms with Crippen molar-refractivity contribution in [2.24, 2.45) is 0 Å². The third-order valence-corrected chi connectivity index (χ3v) is 1.40. The van der Waals surface area contributed by atoms with Gasteiger partial charge in [0.15, 0.2) is 0 Å². The van der Waals surface area contributed by atoms with Gasteiger partial charge in [-0.1, -0.05) is 32.1 Å². The summed E-state index contributed by atoms with van der Waals surface area (Å²) in [6.45, 7) is 7.25. The van der Waals surface area contributed by atoms with Crippen LogP contribution in [0.3, 0.4) is 0 Å². The summed E-state index contributed by atoms with van der Waals surface area (Å²) in [4.78, 5) is 0. The highest BCUT2D eigenvalue weighted by molar-refractivity contribution is 5.25. The highest BCUT2D eigenvalue weighted by atomic mass is 19.1. The zero-order chi connectivity index (χ0) is 8.69. The van der Waals surface area contributed by atoms with E-state index in [9.17, 15) is 4.39 Å². The van der Waals surface area contributed by atoms with E-state index in [1.54, 1.807) is 6.92 Å². The van der Waals surface area contributed by atoms with Gasteiger partial charge in [-0.3, -0.25) is 0 Å². The zero-order valence-electron chi connectivity index (χ0n) is 7.23. The molecule has 0 heterocycles. The van der Waals surface area contributed by atoms with E-state index in [1.165, 1.54) is 12.2 Å². The fourth-order valence-corrected chi connectivity index (χ4v) is 0.582. The van der Waals surface area contributed by atoms with Gasteiger partial charge in [0.1, 0.15) is 5.83 Å². The molecule has 0 N–H and O–H groups in total. The average molecular weight is 154 g/mol. The lowest BCUT2D eigenvalue weighted by molar-refractivity contribution is 0.657. The topological polar surface area (TPSA) is 0 Å². The Hall–Kier alpha value is -0.850. The van der Waals surface area contributed by atoms with Crippen LogP contribution < -0.4 is 0 Å². The van der Waals surface area contributed by atoms with Gasteiger partial charge in [0.2, 0.25) is 0 Å². The van der Waals surface area contributed by atoms with Crippen molar-refractivity contribution >= 4 is 0 Å². The van der Waals surface area contributed by atoms with Crippen molar-refractivity contribution in [2.45, 2.75) is 26.7 Å². The van der Waals surface area contributed by atoms with Crippen LogP contribution in [-0.2, 0) is 0 Å². The summed E-state index contributed by atoms with van der Waals surface area (Å²) < 4.78 is 12.8. The molecular weight excluding hydrogens is 139 g/mol. The molecule has 0 nitrogen and oxygen atoms in total. The SMILES string of the molecule is C=C/C(C)=C(F)\C=C/CCC. The largest absolute Gasteiger partial charge is 0.207 e. The molecule has 0 aliphatic carbocycles. The van der Waals surface area contributed by atoms with Gasteiger partial charge in [-0.2, -0.15) is 0 Å². The highest BCUT2D eigenvalue weighted by Crippen LogP contribution is 2.08. The summed E-state index contributed by atoms with van der Waals surface area (Å²) in [6.07, 6.45) is 6.84. The molecule has 0 saturated carbocycles. The first-order valence-corrected chi connectivity index (χ1v) is 3.87. The number of unbranched alkanes of at least 4 members (excludes halogenated alkanes) is 1. The quantitative estimate of drug-likeness (QED) is 0.541. The molecule has 0 amide bonds. The molecule has 0 aromatic rings. The fraction of sp³-hybridized carbons (Fsp3) is 0.400. The minimum Gasteiger partial charge on any atom is -0.207 e. The molecule has 0 bridgehead atoms. The number of hydrogen-bond acceptors (Lipinski definition) is 0. The van der Waals surface area contributed by atoms with Gasteiger partial charge in [0.05, 0.1) is 0 Å². The molecule has 11 heavy (non-hydrogen) atoms. The second kappa shape index (κ2) is 5.90. The van der Waals surface area contributed by atoms with E-state index >= 15 is 0 Å². The standard InChI is InChI=1S/C10H15F/c1-4-6-7-8-10(11)9(3)5-2/h5,7-8H,2,4,6H2,1,3H3/b8-7-,10-9+. The summed E-state index contributed by atoms with van der Waals surface area (Å²) >= 11 is 0. The molecule has 0 rings (SSSR count). The Morgan fingerprint density at radius 1 is 1.55 bits per heavy atom. The Morgan fingerprint density at radius 3 is 2.64 bits per heavy atom. The molecule has 0 aliphatic rings. The van der Waals surface area contributed by atoms with Crippen molar-refractivity contribution < 1.29 is 4.39 Å². The van der Waals surface area contributed by atoms with Crippen molar-refractivity contribution in [3.8, 4) is 0 Å². The lowest BCUT2D eigenvalue weighted by Crippen LogP contribution is -1.72. The van der Waals surface area contributed by atoms with E-state index in [0.717, 1.165) is 12.8 Å². The summed E-state index contributed by atoms with van der Waals surface area (Å²) in [5.74, 6) is -0.187. The van der Waals surface area contributed by atoms with E-state index in [0.29, 0.717) is 5.57 Å². The van der Waals surface area contributed by atoms with E-state index in [2.05, 4.69) is 13.5 Å². The lowest BCUT2D eigenvalue weighted by Gasteiger charge is -1.91. The van der Waals surface area contributed by atoms with E-state index < -0.39 is 0 Å². The van der Waals surface area contributed by atoms with Gasteiger partial charge >= 0.3 is 0 Å². The van der Waals surface area contributed by atoms with Crippen molar-refractivity contribution in [2.75, 3.05) is 0 Å². The Kier molecular flexibility index (Phi) is 5.44. The lowest BCUT2D eigenvalue weighted by atomic mass is 10.2. The molecule has 62 valence electrons. The number of allylic oxidation sites excluding steroid dienone is 5. The molecular formula is C10H15F.